The lowest BCUT2D eigenvalue weighted by molar-refractivity contribution is 0.686. The van der Waals surface area contributed by atoms with Crippen molar-refractivity contribution in [3.63, 3.8) is 0 Å². The molecule has 0 aliphatic carbocycles. The lowest BCUT2D eigenvalue weighted by Crippen LogP contribution is -2.15. The highest BCUT2D eigenvalue weighted by atomic mass is 35.5. The van der Waals surface area contributed by atoms with Crippen LogP contribution in [0.1, 0.15) is 36.5 Å². The summed E-state index contributed by atoms with van der Waals surface area (Å²) < 4.78 is 2.01. The number of hydrogen-bond acceptors (Lipinski definition) is 4. The van der Waals surface area contributed by atoms with E-state index in [0.29, 0.717) is 0 Å². The van der Waals surface area contributed by atoms with E-state index < -0.39 is 0 Å². The lowest BCUT2D eigenvalue weighted by atomic mass is 10.2. The third-order valence-corrected chi connectivity index (χ3v) is 4.44. The second-order valence-electron chi connectivity index (χ2n) is 4.52. The fourth-order valence-corrected chi connectivity index (χ4v) is 3.17. The zero-order chi connectivity index (χ0) is 13.2. The maximum Gasteiger partial charge on any atom is 0.212 e. The van der Waals surface area contributed by atoms with Crippen molar-refractivity contribution in [1.29, 1.82) is 0 Å². The summed E-state index contributed by atoms with van der Waals surface area (Å²) in [6, 6.07) is 7.91. The largest absolute Gasteiger partial charge is 0.304 e. The summed E-state index contributed by atoms with van der Waals surface area (Å²) >= 11 is 7.60. The predicted octanol–water partition coefficient (Wildman–Crippen LogP) is 3.62. The van der Waals surface area contributed by atoms with Crippen molar-refractivity contribution >= 4 is 23.4 Å². The first-order chi connectivity index (χ1) is 9.28. The van der Waals surface area contributed by atoms with Gasteiger partial charge in [-0.25, -0.2) is 4.68 Å². The van der Waals surface area contributed by atoms with Gasteiger partial charge in [0.15, 0.2) is 5.82 Å². The van der Waals surface area contributed by atoms with E-state index in [4.69, 9.17) is 11.6 Å². The van der Waals surface area contributed by atoms with Gasteiger partial charge in [-0.3, -0.25) is 0 Å². The molecule has 1 aliphatic rings. The van der Waals surface area contributed by atoms with Crippen molar-refractivity contribution in [3.05, 3.63) is 40.7 Å². The first-order valence-electron chi connectivity index (χ1n) is 6.41. The molecule has 1 N–H and O–H groups in total. The van der Waals surface area contributed by atoms with E-state index in [9.17, 15) is 0 Å². The van der Waals surface area contributed by atoms with E-state index in [-0.39, 0.29) is 5.37 Å². The van der Waals surface area contributed by atoms with Crippen LogP contribution in [0.2, 0.25) is 5.02 Å². The molecule has 6 heteroatoms. The highest BCUT2D eigenvalue weighted by molar-refractivity contribution is 7.99. The van der Waals surface area contributed by atoms with Gasteiger partial charge in [0, 0.05) is 11.4 Å². The highest BCUT2D eigenvalue weighted by Crippen LogP contribution is 2.38. The normalized spacial score (nSPS) is 17.3. The van der Waals surface area contributed by atoms with E-state index in [1.165, 1.54) is 5.56 Å². The molecule has 0 saturated heterocycles. The summed E-state index contributed by atoms with van der Waals surface area (Å²) in [5, 5.41) is 10.3. The second-order valence-corrected chi connectivity index (χ2v) is 6.02. The van der Waals surface area contributed by atoms with Gasteiger partial charge in [0.25, 0.3) is 0 Å². The molecule has 0 radical (unpaired) electrons. The van der Waals surface area contributed by atoms with Gasteiger partial charge in [0.2, 0.25) is 5.16 Å². The van der Waals surface area contributed by atoms with Crippen molar-refractivity contribution in [2.75, 3.05) is 5.43 Å². The number of aromatic nitrogens is 3. The zero-order valence-electron chi connectivity index (χ0n) is 10.6. The van der Waals surface area contributed by atoms with Crippen LogP contribution in [-0.4, -0.2) is 14.9 Å². The van der Waals surface area contributed by atoms with E-state index in [1.807, 2.05) is 28.9 Å². The van der Waals surface area contributed by atoms with Gasteiger partial charge in [-0.2, -0.15) is 0 Å². The van der Waals surface area contributed by atoms with Crippen LogP contribution in [0.4, 0.5) is 0 Å². The van der Waals surface area contributed by atoms with Gasteiger partial charge in [0.1, 0.15) is 5.37 Å². The number of halogens is 1. The summed E-state index contributed by atoms with van der Waals surface area (Å²) in [6.07, 6.45) is 3.26. The number of benzene rings is 1. The van der Waals surface area contributed by atoms with Crippen molar-refractivity contribution < 1.29 is 0 Å². The molecule has 2 aromatic rings. The number of nitrogens with one attached hydrogen (secondary N) is 1. The van der Waals surface area contributed by atoms with E-state index in [0.717, 1.165) is 35.3 Å². The van der Waals surface area contributed by atoms with E-state index in [2.05, 4.69) is 22.5 Å². The molecule has 2 heterocycles. The number of fused-ring (bicyclic) bond motifs is 1. The van der Waals surface area contributed by atoms with Crippen LogP contribution < -0.4 is 5.43 Å². The van der Waals surface area contributed by atoms with Gasteiger partial charge < -0.3 is 5.43 Å². The number of rotatable bonds is 4. The number of aryl methyl sites for hydroxylation is 1. The maximum absolute atomic E-state index is 5.91. The Labute approximate surface area is 121 Å². The van der Waals surface area contributed by atoms with E-state index >= 15 is 0 Å². The molecule has 4 nitrogen and oxygen atoms in total. The quantitative estimate of drug-likeness (QED) is 0.935. The molecule has 0 unspecified atom stereocenters. The monoisotopic (exact) mass is 294 g/mol. The molecule has 1 atom stereocenters. The Morgan fingerprint density at radius 2 is 2.11 bits per heavy atom. The fourth-order valence-electron chi connectivity index (χ4n) is 2.03. The van der Waals surface area contributed by atoms with Gasteiger partial charge in [-0.15, -0.1) is 10.2 Å². The molecular weight excluding hydrogens is 280 g/mol. The Bertz CT molecular complexity index is 567. The average molecular weight is 295 g/mol. The minimum Gasteiger partial charge on any atom is -0.304 e. The summed E-state index contributed by atoms with van der Waals surface area (Å²) in [5.41, 5.74) is 4.63. The molecule has 0 saturated carbocycles. The number of unbranched alkanes of at least 4 members (excludes halogenated alkanes) is 1. The van der Waals surface area contributed by atoms with E-state index in [1.54, 1.807) is 11.8 Å². The molecular formula is C13H15ClN4S. The van der Waals surface area contributed by atoms with Gasteiger partial charge in [-0.1, -0.05) is 48.8 Å². The first kappa shape index (κ1) is 12.8. The Kier molecular flexibility index (Phi) is 3.66. The molecule has 19 heavy (non-hydrogen) atoms. The second kappa shape index (κ2) is 5.43. The molecule has 0 bridgehead atoms. The fraction of sp³-hybridized carbons (Fsp3) is 0.385. The lowest BCUT2D eigenvalue weighted by Gasteiger charge is -2.12. The van der Waals surface area contributed by atoms with Crippen LogP contribution in [0.3, 0.4) is 0 Å². The Balaban J connectivity index is 1.76. The van der Waals surface area contributed by atoms with Crippen LogP contribution in [0.25, 0.3) is 0 Å². The van der Waals surface area contributed by atoms with Gasteiger partial charge >= 0.3 is 0 Å². The SMILES string of the molecule is CCCCc1nnc2n1N[C@H](c1ccc(Cl)cc1)S2. The summed E-state index contributed by atoms with van der Waals surface area (Å²) in [4.78, 5) is 0. The summed E-state index contributed by atoms with van der Waals surface area (Å²) in [6.45, 7) is 2.18. The Morgan fingerprint density at radius 1 is 1.32 bits per heavy atom. The Morgan fingerprint density at radius 3 is 2.84 bits per heavy atom. The number of thioether (sulfide) groups is 1. The van der Waals surface area contributed by atoms with Crippen molar-refractivity contribution in [1.82, 2.24) is 14.9 Å². The number of nitrogens with zero attached hydrogens (tertiary/aromatic N) is 3. The smallest absolute Gasteiger partial charge is 0.212 e. The van der Waals surface area contributed by atoms with Crippen LogP contribution in [0.5, 0.6) is 0 Å². The highest BCUT2D eigenvalue weighted by Gasteiger charge is 2.27. The third-order valence-electron chi connectivity index (χ3n) is 3.10. The van der Waals surface area contributed by atoms with Gasteiger partial charge in [0.05, 0.1) is 0 Å². The number of hydrogen-bond donors (Lipinski definition) is 1. The summed E-state index contributed by atoms with van der Waals surface area (Å²) in [5.74, 6) is 1.01. The Hall–Kier alpha value is -1.20. The molecule has 100 valence electrons. The summed E-state index contributed by atoms with van der Waals surface area (Å²) in [7, 11) is 0. The van der Waals surface area contributed by atoms with Gasteiger partial charge in [-0.05, 0) is 24.1 Å². The molecule has 3 rings (SSSR count). The predicted molar refractivity (Wildman–Crippen MR) is 78.0 cm³/mol. The third kappa shape index (κ3) is 2.58. The molecule has 0 spiro atoms. The molecule has 1 aromatic heterocycles. The minimum atomic E-state index is 0.183. The minimum absolute atomic E-state index is 0.183. The molecule has 0 amide bonds. The topological polar surface area (TPSA) is 42.7 Å². The van der Waals surface area contributed by atoms with Crippen LogP contribution in [0.15, 0.2) is 29.4 Å². The molecule has 0 fully saturated rings. The van der Waals surface area contributed by atoms with Crippen molar-refractivity contribution in [2.24, 2.45) is 0 Å². The maximum atomic E-state index is 5.91. The van der Waals surface area contributed by atoms with Crippen LogP contribution in [-0.2, 0) is 6.42 Å². The molecule has 1 aliphatic heterocycles. The first-order valence-corrected chi connectivity index (χ1v) is 7.66. The van der Waals surface area contributed by atoms with Crippen molar-refractivity contribution in [3.8, 4) is 0 Å². The van der Waals surface area contributed by atoms with Crippen LogP contribution in [0, 0.1) is 0 Å². The average Bonchev–Trinajstić information content (AvgIpc) is 2.98. The van der Waals surface area contributed by atoms with Crippen molar-refractivity contribution in [2.45, 2.75) is 36.7 Å². The standard InChI is InChI=1S/C13H15ClN4S/c1-2-3-4-11-15-16-13-18(11)17-12(19-13)9-5-7-10(14)8-6-9/h5-8,12,17H,2-4H2,1H3/t12-/m0/s1. The molecule has 1 aromatic carbocycles. The van der Waals surface area contributed by atoms with Crippen LogP contribution >= 0.6 is 23.4 Å². The zero-order valence-corrected chi connectivity index (χ0v) is 12.2.